The molecule has 30 heavy (non-hydrogen) atoms. The smallest absolute Gasteiger partial charge is 0.219 e. The first-order chi connectivity index (χ1) is 14.5. The molecule has 0 aromatic heterocycles. The molecule has 6 nitrogen and oxygen atoms in total. The van der Waals surface area contributed by atoms with E-state index in [0.29, 0.717) is 13.1 Å². The van der Waals surface area contributed by atoms with Gasteiger partial charge in [-0.15, -0.1) is 0 Å². The molecule has 156 valence electrons. The topological polar surface area (TPSA) is 54.4 Å². The Balaban J connectivity index is 1.57. The molecule has 5 rings (SSSR count). The Kier molecular flexibility index (Phi) is 4.73. The van der Waals surface area contributed by atoms with Crippen molar-refractivity contribution in [2.45, 2.75) is 38.0 Å². The maximum absolute atomic E-state index is 11.9. The quantitative estimate of drug-likeness (QED) is 0.656. The Morgan fingerprint density at radius 3 is 2.73 bits per heavy atom. The number of methoxy groups -OCH3 is 1. The van der Waals surface area contributed by atoms with Gasteiger partial charge in [-0.1, -0.05) is 28.1 Å². The lowest BCUT2D eigenvalue weighted by molar-refractivity contribution is -0.158. The van der Waals surface area contributed by atoms with Crippen molar-refractivity contribution in [3.8, 4) is 11.5 Å². The normalized spacial score (nSPS) is 21.6. The molecule has 3 aliphatic heterocycles. The predicted octanol–water partition coefficient (Wildman–Crippen LogP) is 4.34. The number of rotatable bonds is 2. The summed E-state index contributed by atoms with van der Waals surface area (Å²) in [6.07, 6.45) is 2.23. The van der Waals surface area contributed by atoms with Gasteiger partial charge in [0.1, 0.15) is 11.5 Å². The van der Waals surface area contributed by atoms with Gasteiger partial charge in [0.15, 0.2) is 0 Å². The molecule has 7 heteroatoms. The number of carbonyl (C=O) groups excluding carboxylic acids is 1. The number of ether oxygens (including phenoxy) is 2. The minimum atomic E-state index is -0.540. The Morgan fingerprint density at radius 1 is 1.23 bits per heavy atom. The van der Waals surface area contributed by atoms with Crippen LogP contribution in [0, 0.1) is 0 Å². The number of hydrogen-bond donors (Lipinski definition) is 0. The molecule has 0 unspecified atom stereocenters. The SMILES string of the molecule is COc1ccccc1C1=NN2[C@@H](C1)c1cc(Br)ccc1OC21CCN(C(C)=O)CC1. The second-order valence-electron chi connectivity index (χ2n) is 8.05. The molecule has 0 N–H and O–H groups in total. The van der Waals surface area contributed by atoms with Crippen LogP contribution in [0.1, 0.15) is 43.4 Å². The molecule has 1 saturated heterocycles. The van der Waals surface area contributed by atoms with Gasteiger partial charge in [-0.25, -0.2) is 5.01 Å². The number of carbonyl (C=O) groups is 1. The second-order valence-corrected chi connectivity index (χ2v) is 8.96. The number of halogens is 1. The molecular weight excluding hydrogens is 446 g/mol. The number of fused-ring (bicyclic) bond motifs is 4. The third-order valence-electron chi connectivity index (χ3n) is 6.37. The van der Waals surface area contributed by atoms with Crippen molar-refractivity contribution in [2.75, 3.05) is 20.2 Å². The van der Waals surface area contributed by atoms with Gasteiger partial charge in [0.2, 0.25) is 11.6 Å². The van der Waals surface area contributed by atoms with Crippen molar-refractivity contribution < 1.29 is 14.3 Å². The largest absolute Gasteiger partial charge is 0.496 e. The van der Waals surface area contributed by atoms with E-state index < -0.39 is 5.72 Å². The van der Waals surface area contributed by atoms with Crippen LogP contribution >= 0.6 is 15.9 Å². The molecule has 3 aliphatic rings. The molecule has 1 atom stereocenters. The van der Waals surface area contributed by atoms with E-state index in [0.717, 1.165) is 52.1 Å². The van der Waals surface area contributed by atoms with Crippen LogP contribution in [0.2, 0.25) is 0 Å². The highest BCUT2D eigenvalue weighted by atomic mass is 79.9. The van der Waals surface area contributed by atoms with Crippen molar-refractivity contribution in [2.24, 2.45) is 5.10 Å². The van der Waals surface area contributed by atoms with Crippen molar-refractivity contribution in [3.05, 3.63) is 58.1 Å². The summed E-state index contributed by atoms with van der Waals surface area (Å²) in [6.45, 7) is 2.97. The van der Waals surface area contributed by atoms with Crippen LogP contribution in [0.5, 0.6) is 11.5 Å². The second kappa shape index (κ2) is 7.30. The Labute approximate surface area is 184 Å². The van der Waals surface area contributed by atoms with E-state index in [1.807, 2.05) is 35.2 Å². The average molecular weight is 470 g/mol. The Morgan fingerprint density at radius 2 is 2.00 bits per heavy atom. The van der Waals surface area contributed by atoms with Crippen LogP contribution in [0.25, 0.3) is 0 Å². The van der Waals surface area contributed by atoms with Crippen LogP contribution in [0.15, 0.2) is 52.0 Å². The zero-order chi connectivity index (χ0) is 20.9. The monoisotopic (exact) mass is 469 g/mol. The zero-order valence-electron chi connectivity index (χ0n) is 17.1. The van der Waals surface area contributed by atoms with Gasteiger partial charge < -0.3 is 14.4 Å². The highest BCUT2D eigenvalue weighted by Crippen LogP contribution is 2.50. The van der Waals surface area contributed by atoms with Crippen LogP contribution in [-0.2, 0) is 4.79 Å². The van der Waals surface area contributed by atoms with E-state index in [-0.39, 0.29) is 11.9 Å². The lowest BCUT2D eigenvalue weighted by Gasteiger charge is -2.51. The summed E-state index contributed by atoms with van der Waals surface area (Å²) in [6, 6.07) is 14.3. The van der Waals surface area contributed by atoms with E-state index in [2.05, 4.69) is 33.1 Å². The molecule has 2 aromatic carbocycles. The zero-order valence-corrected chi connectivity index (χ0v) is 18.7. The van der Waals surface area contributed by atoms with Crippen LogP contribution < -0.4 is 9.47 Å². The third-order valence-corrected chi connectivity index (χ3v) is 6.86. The standard InChI is InChI=1S/C23H24BrN3O3/c1-15(28)26-11-9-23(10-12-26)27-20(18-13-16(24)7-8-22(18)30-23)14-19(25-27)17-5-3-4-6-21(17)29-2/h3-8,13,20H,9-12,14H2,1-2H3/t20-/m0/s1. The fourth-order valence-electron chi connectivity index (χ4n) is 4.80. The van der Waals surface area contributed by atoms with Gasteiger partial charge in [0.25, 0.3) is 0 Å². The molecule has 2 aromatic rings. The molecule has 3 heterocycles. The van der Waals surface area contributed by atoms with E-state index in [1.165, 1.54) is 0 Å². The summed E-state index contributed by atoms with van der Waals surface area (Å²) in [5.74, 6) is 1.85. The maximum Gasteiger partial charge on any atom is 0.219 e. The van der Waals surface area contributed by atoms with Gasteiger partial charge in [-0.2, -0.15) is 5.10 Å². The van der Waals surface area contributed by atoms with Gasteiger partial charge in [-0.05, 0) is 30.3 Å². The molecule has 1 amide bonds. The molecule has 0 saturated carbocycles. The summed E-state index contributed by atoms with van der Waals surface area (Å²) in [7, 11) is 1.69. The average Bonchev–Trinajstić information content (AvgIpc) is 3.21. The molecule has 1 spiro atoms. The molecule has 0 aliphatic carbocycles. The van der Waals surface area contributed by atoms with Crippen LogP contribution in [0.4, 0.5) is 0 Å². The van der Waals surface area contributed by atoms with Crippen molar-refractivity contribution in [3.63, 3.8) is 0 Å². The van der Waals surface area contributed by atoms with E-state index in [1.54, 1.807) is 14.0 Å². The van der Waals surface area contributed by atoms with Crippen molar-refractivity contribution in [1.29, 1.82) is 0 Å². The number of likely N-dealkylation sites (tertiary alicyclic amines) is 1. The number of hydrogen-bond acceptors (Lipinski definition) is 5. The molecule has 0 radical (unpaired) electrons. The fraction of sp³-hybridized carbons (Fsp3) is 0.391. The van der Waals surface area contributed by atoms with Crippen molar-refractivity contribution >= 4 is 27.5 Å². The molecule has 0 bridgehead atoms. The number of nitrogens with zero attached hydrogens (tertiary/aromatic N) is 3. The van der Waals surface area contributed by atoms with Crippen LogP contribution in [-0.4, -0.2) is 47.5 Å². The number of para-hydroxylation sites is 1. The lowest BCUT2D eigenvalue weighted by atomic mass is 9.90. The van der Waals surface area contributed by atoms with E-state index in [9.17, 15) is 4.79 Å². The third kappa shape index (κ3) is 3.07. The first-order valence-electron chi connectivity index (χ1n) is 10.2. The Bertz CT molecular complexity index is 1030. The van der Waals surface area contributed by atoms with Gasteiger partial charge in [0.05, 0.1) is 18.9 Å². The minimum absolute atomic E-state index is 0.0926. The van der Waals surface area contributed by atoms with Gasteiger partial charge >= 0.3 is 0 Å². The molecular formula is C23H24BrN3O3. The summed E-state index contributed by atoms with van der Waals surface area (Å²) >= 11 is 3.61. The first kappa shape index (κ1) is 19.4. The molecule has 1 fully saturated rings. The highest BCUT2D eigenvalue weighted by Gasteiger charge is 2.52. The maximum atomic E-state index is 11.9. The minimum Gasteiger partial charge on any atom is -0.496 e. The highest BCUT2D eigenvalue weighted by molar-refractivity contribution is 9.10. The summed E-state index contributed by atoms with van der Waals surface area (Å²) in [5.41, 5.74) is 2.61. The van der Waals surface area contributed by atoms with E-state index >= 15 is 0 Å². The Hall–Kier alpha value is -2.54. The lowest BCUT2D eigenvalue weighted by Crippen LogP contribution is -2.59. The fourth-order valence-corrected chi connectivity index (χ4v) is 5.18. The number of hydrazone groups is 1. The van der Waals surface area contributed by atoms with Crippen LogP contribution in [0.3, 0.4) is 0 Å². The summed E-state index contributed by atoms with van der Waals surface area (Å²) in [5, 5.41) is 7.24. The number of amides is 1. The predicted molar refractivity (Wildman–Crippen MR) is 118 cm³/mol. The van der Waals surface area contributed by atoms with Gasteiger partial charge in [-0.3, -0.25) is 4.79 Å². The van der Waals surface area contributed by atoms with Crippen molar-refractivity contribution in [1.82, 2.24) is 9.91 Å². The summed E-state index contributed by atoms with van der Waals surface area (Å²) < 4.78 is 13.2. The first-order valence-corrected chi connectivity index (χ1v) is 11.0. The van der Waals surface area contributed by atoms with E-state index in [4.69, 9.17) is 14.6 Å². The van der Waals surface area contributed by atoms with Gasteiger partial charge in [0, 0.05) is 54.9 Å². The number of piperidine rings is 1. The number of benzene rings is 2. The summed E-state index contributed by atoms with van der Waals surface area (Å²) in [4.78, 5) is 13.8.